The number of carbonyl (C=O) groups excluding carboxylic acids is 1. The molecular weight excluding hydrogens is 453 g/mol. The Bertz CT molecular complexity index is 1110. The molecule has 1 amide bonds. The van der Waals surface area contributed by atoms with Gasteiger partial charge >= 0.3 is 6.18 Å². The van der Waals surface area contributed by atoms with Crippen LogP contribution in [0.25, 0.3) is 11.0 Å². The van der Waals surface area contributed by atoms with E-state index in [0.29, 0.717) is 45.0 Å². The van der Waals surface area contributed by atoms with Crippen molar-refractivity contribution < 1.29 is 22.7 Å². The number of methoxy groups -OCH3 is 1. The minimum Gasteiger partial charge on any atom is -0.383 e. The van der Waals surface area contributed by atoms with Crippen molar-refractivity contribution >= 4 is 34.4 Å². The van der Waals surface area contributed by atoms with Crippen molar-refractivity contribution in [2.75, 3.05) is 50.5 Å². The number of rotatable bonds is 7. The molecule has 6 nitrogen and oxygen atoms in total. The molecule has 0 aliphatic carbocycles. The van der Waals surface area contributed by atoms with E-state index < -0.39 is 11.7 Å². The standard InChI is InChI=1S/C23H25F3N4O2S/c1-32-14-13-30-20-8-3-2-7-19(20)27-22(30)33-16-21(31)29-11-9-28(10-12-29)18-6-4-5-17(15-18)23(24,25)26/h2-8,15H,9-14,16H2,1H3. The molecule has 1 saturated heterocycles. The first-order chi connectivity index (χ1) is 15.9. The van der Waals surface area contributed by atoms with Crippen LogP contribution in [0.2, 0.25) is 0 Å². The zero-order valence-corrected chi connectivity index (χ0v) is 19.0. The zero-order chi connectivity index (χ0) is 23.4. The van der Waals surface area contributed by atoms with Crippen LogP contribution in [0.3, 0.4) is 0 Å². The van der Waals surface area contributed by atoms with Crippen LogP contribution < -0.4 is 4.90 Å². The van der Waals surface area contributed by atoms with Gasteiger partial charge in [-0.15, -0.1) is 0 Å². The van der Waals surface area contributed by atoms with Crippen LogP contribution in [0.1, 0.15) is 5.56 Å². The first-order valence-corrected chi connectivity index (χ1v) is 11.6. The number of para-hydroxylation sites is 2. The number of imidazole rings is 1. The predicted octanol–water partition coefficient (Wildman–Crippen LogP) is 4.14. The zero-order valence-electron chi connectivity index (χ0n) is 18.2. The molecule has 1 fully saturated rings. The molecule has 4 rings (SSSR count). The largest absolute Gasteiger partial charge is 0.416 e. The summed E-state index contributed by atoms with van der Waals surface area (Å²) in [5.74, 6) is 0.244. The van der Waals surface area contributed by atoms with E-state index >= 15 is 0 Å². The highest BCUT2D eigenvalue weighted by Gasteiger charge is 2.31. The fourth-order valence-corrected chi connectivity index (χ4v) is 4.82. The second-order valence-corrected chi connectivity index (χ2v) is 8.67. The lowest BCUT2D eigenvalue weighted by Gasteiger charge is -2.36. The molecule has 2 heterocycles. The Hall–Kier alpha value is -2.72. The van der Waals surface area contributed by atoms with Gasteiger partial charge in [0.1, 0.15) is 0 Å². The number of hydrogen-bond donors (Lipinski definition) is 0. The normalized spacial score (nSPS) is 14.8. The Morgan fingerprint density at radius 1 is 1.09 bits per heavy atom. The van der Waals surface area contributed by atoms with Crippen molar-refractivity contribution in [3.05, 3.63) is 54.1 Å². The lowest BCUT2D eigenvalue weighted by Crippen LogP contribution is -2.49. The van der Waals surface area contributed by atoms with Gasteiger partial charge in [-0.1, -0.05) is 30.0 Å². The predicted molar refractivity (Wildman–Crippen MR) is 123 cm³/mol. The van der Waals surface area contributed by atoms with Gasteiger partial charge in [0, 0.05) is 45.5 Å². The molecule has 0 N–H and O–H groups in total. The molecule has 0 radical (unpaired) electrons. The molecule has 0 saturated carbocycles. The van der Waals surface area contributed by atoms with E-state index in [1.165, 1.54) is 17.8 Å². The molecule has 3 aromatic rings. The quantitative estimate of drug-likeness (QED) is 0.478. The molecule has 10 heteroatoms. The number of benzene rings is 2. The number of nitrogens with zero attached hydrogens (tertiary/aromatic N) is 4. The summed E-state index contributed by atoms with van der Waals surface area (Å²) in [4.78, 5) is 21.1. The number of carbonyl (C=O) groups is 1. The average molecular weight is 479 g/mol. The van der Waals surface area contributed by atoms with Gasteiger partial charge in [0.15, 0.2) is 5.16 Å². The summed E-state index contributed by atoms with van der Waals surface area (Å²) in [6.45, 7) is 3.10. The van der Waals surface area contributed by atoms with E-state index in [4.69, 9.17) is 4.74 Å². The van der Waals surface area contributed by atoms with Gasteiger partial charge in [0.2, 0.25) is 5.91 Å². The lowest BCUT2D eigenvalue weighted by molar-refractivity contribution is -0.137. The van der Waals surface area contributed by atoms with Gasteiger partial charge in [-0.2, -0.15) is 13.2 Å². The Morgan fingerprint density at radius 2 is 1.85 bits per heavy atom. The number of piperazine rings is 1. The fourth-order valence-electron chi connectivity index (χ4n) is 3.87. The highest BCUT2D eigenvalue weighted by atomic mass is 32.2. The summed E-state index contributed by atoms with van der Waals surface area (Å²) in [5, 5.41) is 0.768. The van der Waals surface area contributed by atoms with Crippen molar-refractivity contribution in [3.8, 4) is 0 Å². The van der Waals surface area contributed by atoms with E-state index in [-0.39, 0.29) is 11.7 Å². The molecule has 0 spiro atoms. The maximum absolute atomic E-state index is 13.0. The molecule has 176 valence electrons. The summed E-state index contributed by atoms with van der Waals surface area (Å²) >= 11 is 1.39. The van der Waals surface area contributed by atoms with Crippen LogP contribution in [0.15, 0.2) is 53.7 Å². The highest BCUT2D eigenvalue weighted by molar-refractivity contribution is 7.99. The van der Waals surface area contributed by atoms with Crippen LogP contribution in [0.5, 0.6) is 0 Å². The Balaban J connectivity index is 1.36. The number of anilines is 1. The fraction of sp³-hybridized carbons (Fsp3) is 0.391. The van der Waals surface area contributed by atoms with E-state index in [9.17, 15) is 18.0 Å². The van der Waals surface area contributed by atoms with Crippen molar-refractivity contribution in [1.82, 2.24) is 14.5 Å². The maximum Gasteiger partial charge on any atom is 0.416 e. The van der Waals surface area contributed by atoms with Crippen molar-refractivity contribution in [3.63, 3.8) is 0 Å². The molecule has 1 aliphatic rings. The average Bonchev–Trinajstić information content (AvgIpc) is 3.18. The van der Waals surface area contributed by atoms with Crippen molar-refractivity contribution in [2.24, 2.45) is 0 Å². The number of halogens is 3. The third-order valence-corrected chi connectivity index (χ3v) is 6.60. The second kappa shape index (κ2) is 10.0. The minimum absolute atomic E-state index is 0.00552. The van der Waals surface area contributed by atoms with Gasteiger partial charge < -0.3 is 19.1 Å². The highest BCUT2D eigenvalue weighted by Crippen LogP contribution is 2.32. The number of ether oxygens (including phenoxy) is 1. The summed E-state index contributed by atoms with van der Waals surface area (Å²) in [5.41, 5.74) is 1.74. The number of fused-ring (bicyclic) bond motifs is 1. The smallest absolute Gasteiger partial charge is 0.383 e. The third-order valence-electron chi connectivity index (χ3n) is 5.63. The van der Waals surface area contributed by atoms with Crippen LogP contribution in [-0.2, 0) is 22.3 Å². The number of aromatic nitrogens is 2. The summed E-state index contributed by atoms with van der Waals surface area (Å²) in [7, 11) is 1.65. The van der Waals surface area contributed by atoms with Crippen LogP contribution in [0.4, 0.5) is 18.9 Å². The van der Waals surface area contributed by atoms with Gasteiger partial charge in [-0.25, -0.2) is 4.98 Å². The summed E-state index contributed by atoms with van der Waals surface area (Å²) < 4.78 is 46.3. The Morgan fingerprint density at radius 3 is 2.58 bits per heavy atom. The van der Waals surface area contributed by atoms with Gasteiger partial charge in [-0.3, -0.25) is 4.79 Å². The third kappa shape index (κ3) is 5.44. The monoisotopic (exact) mass is 478 g/mol. The Labute approximate surface area is 194 Å². The summed E-state index contributed by atoms with van der Waals surface area (Å²) in [6.07, 6.45) is -4.37. The molecule has 33 heavy (non-hydrogen) atoms. The molecule has 0 atom stereocenters. The number of amides is 1. The van der Waals surface area contributed by atoms with Crippen molar-refractivity contribution in [1.29, 1.82) is 0 Å². The lowest BCUT2D eigenvalue weighted by atomic mass is 10.1. The van der Waals surface area contributed by atoms with Gasteiger partial charge in [0.05, 0.1) is 29.0 Å². The second-order valence-electron chi connectivity index (χ2n) is 7.73. The number of hydrogen-bond acceptors (Lipinski definition) is 5. The molecule has 1 aliphatic heterocycles. The molecule has 0 bridgehead atoms. The molecular formula is C23H25F3N4O2S. The van der Waals surface area contributed by atoms with Gasteiger partial charge in [0.25, 0.3) is 0 Å². The Kier molecular flexibility index (Phi) is 7.14. The SMILES string of the molecule is COCCn1c(SCC(=O)N2CCN(c3cccc(C(F)(F)F)c3)CC2)nc2ccccc21. The van der Waals surface area contributed by atoms with E-state index in [1.54, 1.807) is 18.1 Å². The maximum atomic E-state index is 13.0. The molecule has 1 aromatic heterocycles. The van der Waals surface area contributed by atoms with E-state index in [2.05, 4.69) is 9.55 Å². The van der Waals surface area contributed by atoms with Crippen LogP contribution >= 0.6 is 11.8 Å². The van der Waals surface area contributed by atoms with Crippen molar-refractivity contribution in [2.45, 2.75) is 17.9 Å². The first kappa shape index (κ1) is 23.4. The van der Waals surface area contributed by atoms with E-state index in [0.717, 1.165) is 28.3 Å². The number of thioether (sulfide) groups is 1. The topological polar surface area (TPSA) is 50.6 Å². The summed E-state index contributed by atoms with van der Waals surface area (Å²) in [6, 6.07) is 13.2. The first-order valence-electron chi connectivity index (χ1n) is 10.6. The molecule has 2 aromatic carbocycles. The van der Waals surface area contributed by atoms with E-state index in [1.807, 2.05) is 29.2 Å². The van der Waals surface area contributed by atoms with Crippen LogP contribution in [0, 0.1) is 0 Å². The minimum atomic E-state index is -4.37. The molecule has 0 unspecified atom stereocenters. The van der Waals surface area contributed by atoms with Gasteiger partial charge in [-0.05, 0) is 30.3 Å². The van der Waals surface area contributed by atoms with Crippen LogP contribution in [-0.4, -0.2) is 66.0 Å². The number of alkyl halides is 3.